The Hall–Kier alpha value is -0.670. The lowest BCUT2D eigenvalue weighted by molar-refractivity contribution is 0.622. The third kappa shape index (κ3) is 2.20. The minimum Gasteiger partial charge on any atom is -0.253 e. The van der Waals surface area contributed by atoms with Crippen LogP contribution in [0.3, 0.4) is 0 Å². The molecule has 0 saturated heterocycles. The van der Waals surface area contributed by atoms with Crippen LogP contribution in [0.4, 0.5) is 4.39 Å². The van der Waals surface area contributed by atoms with Crippen molar-refractivity contribution in [2.75, 3.05) is 0 Å². The van der Waals surface area contributed by atoms with E-state index in [1.807, 2.05) is 6.07 Å². The van der Waals surface area contributed by atoms with E-state index in [0.717, 1.165) is 23.9 Å². The van der Waals surface area contributed by atoms with Crippen LogP contribution in [0.1, 0.15) is 19.0 Å². The topological polar surface area (TPSA) is 12.9 Å². The highest BCUT2D eigenvalue weighted by molar-refractivity contribution is 9.10. The van der Waals surface area contributed by atoms with E-state index in [9.17, 15) is 4.39 Å². The van der Waals surface area contributed by atoms with E-state index >= 15 is 0 Å². The Labute approximate surface area is 107 Å². The number of nitrogens with zero attached hydrogens (tertiary/aromatic N) is 1. The van der Waals surface area contributed by atoms with E-state index < -0.39 is 0 Å². The van der Waals surface area contributed by atoms with Crippen molar-refractivity contribution in [2.24, 2.45) is 0 Å². The van der Waals surface area contributed by atoms with Gasteiger partial charge in [-0.3, -0.25) is 4.98 Å². The molecule has 84 valence electrons. The van der Waals surface area contributed by atoms with Crippen LogP contribution in [0.15, 0.2) is 22.7 Å². The number of pyridine rings is 1. The SMILES string of the molecule is CCCc1cc(Cl)c2cc(Br)c(F)cc2n1. The van der Waals surface area contributed by atoms with Crippen LogP contribution >= 0.6 is 27.5 Å². The van der Waals surface area contributed by atoms with Crippen LogP contribution in [0.2, 0.25) is 5.02 Å². The first-order valence-electron chi connectivity index (χ1n) is 5.06. The molecule has 0 aliphatic carbocycles. The minimum atomic E-state index is -0.315. The molecule has 0 amide bonds. The Morgan fingerprint density at radius 1 is 1.38 bits per heavy atom. The van der Waals surface area contributed by atoms with Crippen LogP contribution < -0.4 is 0 Å². The van der Waals surface area contributed by atoms with Gasteiger partial charge in [-0.05, 0) is 34.5 Å². The van der Waals surface area contributed by atoms with Crippen LogP contribution in [-0.4, -0.2) is 4.98 Å². The molecule has 2 aromatic rings. The molecule has 2 rings (SSSR count). The van der Waals surface area contributed by atoms with Crippen molar-refractivity contribution < 1.29 is 4.39 Å². The molecular formula is C12H10BrClFN. The minimum absolute atomic E-state index is 0.315. The normalized spacial score (nSPS) is 11.0. The van der Waals surface area contributed by atoms with E-state index in [1.165, 1.54) is 6.07 Å². The van der Waals surface area contributed by atoms with Crippen molar-refractivity contribution in [3.8, 4) is 0 Å². The van der Waals surface area contributed by atoms with E-state index in [0.29, 0.717) is 15.0 Å². The molecule has 1 aromatic heterocycles. The molecule has 0 atom stereocenters. The zero-order chi connectivity index (χ0) is 11.7. The Balaban J connectivity index is 2.67. The summed E-state index contributed by atoms with van der Waals surface area (Å²) in [6, 6.07) is 4.91. The monoisotopic (exact) mass is 301 g/mol. The predicted molar refractivity (Wildman–Crippen MR) is 68.4 cm³/mol. The molecule has 1 nitrogen and oxygen atoms in total. The molecular weight excluding hydrogens is 292 g/mol. The summed E-state index contributed by atoms with van der Waals surface area (Å²) in [5.41, 5.74) is 1.51. The molecule has 0 radical (unpaired) electrons. The number of hydrogen-bond acceptors (Lipinski definition) is 1. The predicted octanol–water partition coefficient (Wildman–Crippen LogP) is 4.74. The van der Waals surface area contributed by atoms with Gasteiger partial charge in [0.15, 0.2) is 0 Å². The van der Waals surface area contributed by atoms with Crippen molar-refractivity contribution in [2.45, 2.75) is 19.8 Å². The highest BCUT2D eigenvalue weighted by atomic mass is 79.9. The molecule has 0 unspecified atom stereocenters. The quantitative estimate of drug-likeness (QED) is 0.780. The second-order valence-electron chi connectivity index (χ2n) is 3.63. The van der Waals surface area contributed by atoms with Crippen molar-refractivity contribution in [1.29, 1.82) is 0 Å². The first-order valence-corrected chi connectivity index (χ1v) is 6.23. The Morgan fingerprint density at radius 2 is 2.12 bits per heavy atom. The fourth-order valence-electron chi connectivity index (χ4n) is 1.62. The van der Waals surface area contributed by atoms with Gasteiger partial charge in [0.25, 0.3) is 0 Å². The summed E-state index contributed by atoms with van der Waals surface area (Å²) >= 11 is 9.28. The first-order chi connectivity index (χ1) is 7.61. The summed E-state index contributed by atoms with van der Waals surface area (Å²) in [4.78, 5) is 4.38. The highest BCUT2D eigenvalue weighted by Gasteiger charge is 2.08. The van der Waals surface area contributed by atoms with Gasteiger partial charge in [-0.2, -0.15) is 0 Å². The molecule has 16 heavy (non-hydrogen) atoms. The van der Waals surface area contributed by atoms with Crippen molar-refractivity contribution in [3.05, 3.63) is 39.2 Å². The average molecular weight is 303 g/mol. The lowest BCUT2D eigenvalue weighted by atomic mass is 10.1. The third-order valence-electron chi connectivity index (χ3n) is 2.36. The summed E-state index contributed by atoms with van der Waals surface area (Å²) in [5.74, 6) is -0.315. The maximum Gasteiger partial charge on any atom is 0.139 e. The summed E-state index contributed by atoms with van der Waals surface area (Å²) < 4.78 is 13.8. The van der Waals surface area contributed by atoms with Crippen molar-refractivity contribution in [3.63, 3.8) is 0 Å². The number of hydrogen-bond donors (Lipinski definition) is 0. The number of benzene rings is 1. The van der Waals surface area contributed by atoms with Gasteiger partial charge in [0.1, 0.15) is 5.82 Å². The zero-order valence-corrected chi connectivity index (χ0v) is 11.1. The molecule has 1 heterocycles. The van der Waals surface area contributed by atoms with E-state index in [-0.39, 0.29) is 5.82 Å². The van der Waals surface area contributed by atoms with E-state index in [1.54, 1.807) is 6.07 Å². The van der Waals surface area contributed by atoms with E-state index in [2.05, 4.69) is 27.8 Å². The number of aryl methyl sites for hydroxylation is 1. The van der Waals surface area contributed by atoms with Crippen LogP contribution in [0.5, 0.6) is 0 Å². The van der Waals surface area contributed by atoms with Gasteiger partial charge >= 0.3 is 0 Å². The lowest BCUT2D eigenvalue weighted by Crippen LogP contribution is -1.92. The lowest BCUT2D eigenvalue weighted by Gasteiger charge is -2.05. The molecule has 0 saturated carbocycles. The smallest absolute Gasteiger partial charge is 0.139 e. The maximum atomic E-state index is 13.4. The standard InChI is InChI=1S/C12H10BrClFN/c1-2-3-7-4-10(14)8-5-9(13)11(15)6-12(8)16-7/h4-6H,2-3H2,1H3. The van der Waals surface area contributed by atoms with Gasteiger partial charge in [0.05, 0.1) is 15.0 Å². The maximum absolute atomic E-state index is 13.4. The van der Waals surface area contributed by atoms with Crippen LogP contribution in [0, 0.1) is 5.82 Å². The number of aromatic nitrogens is 1. The molecule has 0 aliphatic heterocycles. The molecule has 0 spiro atoms. The molecule has 0 aliphatic rings. The van der Waals surface area contributed by atoms with Crippen LogP contribution in [-0.2, 0) is 6.42 Å². The third-order valence-corrected chi connectivity index (χ3v) is 3.28. The van der Waals surface area contributed by atoms with Gasteiger partial charge in [-0.15, -0.1) is 0 Å². The summed E-state index contributed by atoms with van der Waals surface area (Å²) in [7, 11) is 0. The Morgan fingerprint density at radius 3 is 2.81 bits per heavy atom. The summed E-state index contributed by atoms with van der Waals surface area (Å²) in [6.45, 7) is 2.07. The van der Waals surface area contributed by atoms with Gasteiger partial charge in [0.2, 0.25) is 0 Å². The molecule has 4 heteroatoms. The molecule has 0 N–H and O–H groups in total. The number of halogens is 3. The first kappa shape index (κ1) is 11.8. The van der Waals surface area contributed by atoms with Crippen molar-refractivity contribution in [1.82, 2.24) is 4.98 Å². The van der Waals surface area contributed by atoms with Gasteiger partial charge in [-0.25, -0.2) is 4.39 Å². The summed E-state index contributed by atoms with van der Waals surface area (Å²) in [5, 5.41) is 1.39. The van der Waals surface area contributed by atoms with E-state index in [4.69, 9.17) is 11.6 Å². The van der Waals surface area contributed by atoms with Crippen LogP contribution in [0.25, 0.3) is 10.9 Å². The largest absolute Gasteiger partial charge is 0.253 e. The summed E-state index contributed by atoms with van der Waals surface area (Å²) in [6.07, 6.45) is 1.85. The molecule has 1 aromatic carbocycles. The second-order valence-corrected chi connectivity index (χ2v) is 4.89. The van der Waals surface area contributed by atoms with Gasteiger partial charge < -0.3 is 0 Å². The fraction of sp³-hybridized carbons (Fsp3) is 0.250. The molecule has 0 fully saturated rings. The van der Waals surface area contributed by atoms with Gasteiger partial charge in [0, 0.05) is 17.1 Å². The fourth-order valence-corrected chi connectivity index (χ4v) is 2.24. The van der Waals surface area contributed by atoms with Crippen molar-refractivity contribution >= 4 is 38.4 Å². The average Bonchev–Trinajstić information content (AvgIpc) is 2.22. The second kappa shape index (κ2) is 4.68. The Kier molecular flexibility index (Phi) is 3.45. The van der Waals surface area contributed by atoms with Gasteiger partial charge in [-0.1, -0.05) is 24.9 Å². The Bertz CT molecular complexity index is 542. The number of fused-ring (bicyclic) bond motifs is 1. The zero-order valence-electron chi connectivity index (χ0n) is 8.73. The highest BCUT2D eigenvalue weighted by Crippen LogP contribution is 2.28. The number of rotatable bonds is 2. The molecule has 0 bridgehead atoms.